The number of rotatable bonds is 4. The van der Waals surface area contributed by atoms with Gasteiger partial charge < -0.3 is 10.1 Å². The highest BCUT2D eigenvalue weighted by Gasteiger charge is 2.20. The van der Waals surface area contributed by atoms with Crippen LogP contribution >= 0.6 is 0 Å². The molecule has 1 aromatic carbocycles. The molecule has 1 saturated carbocycles. The van der Waals surface area contributed by atoms with Crippen LogP contribution in [0.25, 0.3) is 0 Å². The van der Waals surface area contributed by atoms with E-state index in [9.17, 15) is 4.79 Å². The average molecular weight is 261 g/mol. The van der Waals surface area contributed by atoms with E-state index in [4.69, 9.17) is 4.74 Å². The Morgan fingerprint density at radius 1 is 1.32 bits per heavy atom. The number of nitrogens with one attached hydrogen (secondary N) is 1. The molecule has 104 valence electrons. The van der Waals surface area contributed by atoms with Crippen LogP contribution < -0.4 is 10.1 Å². The number of amides is 1. The molecule has 0 aromatic heterocycles. The molecule has 0 spiro atoms. The summed E-state index contributed by atoms with van der Waals surface area (Å²) in [5.74, 6) is 0.750. The molecule has 1 aliphatic rings. The van der Waals surface area contributed by atoms with Crippen LogP contribution in [0.2, 0.25) is 0 Å². The standard InChI is InChI=1S/C16H23NO2/c1-12-7-6-10-15(11-12)19-13(2)16(18)17-14-8-4-3-5-9-14/h6-7,10-11,13-14H,3-5,8-9H2,1-2H3,(H,17,18)/t13-/m1/s1. The van der Waals surface area contributed by atoms with Crippen LogP contribution in [0.5, 0.6) is 5.75 Å². The van der Waals surface area contributed by atoms with E-state index in [1.807, 2.05) is 31.2 Å². The SMILES string of the molecule is Cc1cccc(O[C@H](C)C(=O)NC2CCCCC2)c1. The zero-order valence-corrected chi connectivity index (χ0v) is 11.8. The van der Waals surface area contributed by atoms with Gasteiger partial charge in [-0.15, -0.1) is 0 Å². The smallest absolute Gasteiger partial charge is 0.260 e. The monoisotopic (exact) mass is 261 g/mol. The first kappa shape index (κ1) is 13.9. The van der Waals surface area contributed by atoms with Crippen LogP contribution in [-0.2, 0) is 4.79 Å². The Bertz CT molecular complexity index is 425. The molecular formula is C16H23NO2. The molecule has 3 heteroatoms. The van der Waals surface area contributed by atoms with E-state index in [0.717, 1.165) is 24.2 Å². The molecule has 1 aliphatic carbocycles. The molecule has 19 heavy (non-hydrogen) atoms. The van der Waals surface area contributed by atoms with Gasteiger partial charge in [0.2, 0.25) is 0 Å². The fraction of sp³-hybridized carbons (Fsp3) is 0.562. The summed E-state index contributed by atoms with van der Waals surface area (Å²) < 4.78 is 5.69. The predicted molar refractivity (Wildman–Crippen MR) is 76.3 cm³/mol. The highest BCUT2D eigenvalue weighted by atomic mass is 16.5. The van der Waals surface area contributed by atoms with Crippen molar-refractivity contribution < 1.29 is 9.53 Å². The summed E-state index contributed by atoms with van der Waals surface area (Å²) in [4.78, 5) is 12.1. The number of carbonyl (C=O) groups excluding carboxylic acids is 1. The van der Waals surface area contributed by atoms with Crippen molar-refractivity contribution in [2.45, 2.75) is 58.1 Å². The number of ether oxygens (including phenoxy) is 1. The summed E-state index contributed by atoms with van der Waals surface area (Å²) >= 11 is 0. The van der Waals surface area contributed by atoms with Gasteiger partial charge in [0.25, 0.3) is 5.91 Å². The zero-order valence-electron chi connectivity index (χ0n) is 11.8. The van der Waals surface area contributed by atoms with Gasteiger partial charge in [-0.1, -0.05) is 31.4 Å². The minimum Gasteiger partial charge on any atom is -0.481 e. The van der Waals surface area contributed by atoms with Crippen molar-refractivity contribution in [2.24, 2.45) is 0 Å². The summed E-state index contributed by atoms with van der Waals surface area (Å²) in [5.41, 5.74) is 1.14. The highest BCUT2D eigenvalue weighted by molar-refractivity contribution is 5.81. The molecule has 0 unspecified atom stereocenters. The van der Waals surface area contributed by atoms with E-state index in [-0.39, 0.29) is 5.91 Å². The first-order valence-corrected chi connectivity index (χ1v) is 7.19. The molecule has 1 amide bonds. The Morgan fingerprint density at radius 3 is 2.74 bits per heavy atom. The van der Waals surface area contributed by atoms with Gasteiger partial charge in [-0.05, 0) is 44.4 Å². The van der Waals surface area contributed by atoms with Crippen LogP contribution in [0.3, 0.4) is 0 Å². The number of aryl methyl sites for hydroxylation is 1. The van der Waals surface area contributed by atoms with E-state index in [1.54, 1.807) is 6.92 Å². The maximum atomic E-state index is 12.1. The molecule has 0 saturated heterocycles. The van der Waals surface area contributed by atoms with Crippen LogP contribution in [-0.4, -0.2) is 18.1 Å². The Morgan fingerprint density at radius 2 is 2.05 bits per heavy atom. The maximum Gasteiger partial charge on any atom is 0.260 e. The van der Waals surface area contributed by atoms with Crippen LogP contribution in [0.4, 0.5) is 0 Å². The topological polar surface area (TPSA) is 38.3 Å². The van der Waals surface area contributed by atoms with E-state index in [0.29, 0.717) is 6.04 Å². The second-order valence-corrected chi connectivity index (χ2v) is 5.42. The normalized spacial score (nSPS) is 17.8. The summed E-state index contributed by atoms with van der Waals surface area (Å²) in [7, 11) is 0. The number of hydrogen-bond acceptors (Lipinski definition) is 2. The largest absolute Gasteiger partial charge is 0.481 e. The van der Waals surface area contributed by atoms with E-state index in [1.165, 1.54) is 19.3 Å². The van der Waals surface area contributed by atoms with Gasteiger partial charge in [0, 0.05) is 6.04 Å². The molecule has 0 bridgehead atoms. The van der Waals surface area contributed by atoms with Crippen molar-refractivity contribution in [3.63, 3.8) is 0 Å². The fourth-order valence-electron chi connectivity index (χ4n) is 2.51. The van der Waals surface area contributed by atoms with Gasteiger partial charge in [0.05, 0.1) is 0 Å². The molecule has 1 fully saturated rings. The molecule has 0 aliphatic heterocycles. The Hall–Kier alpha value is -1.51. The fourth-order valence-corrected chi connectivity index (χ4v) is 2.51. The minimum atomic E-state index is -0.441. The molecule has 1 atom stereocenters. The third kappa shape index (κ3) is 4.27. The first-order chi connectivity index (χ1) is 9.15. The lowest BCUT2D eigenvalue weighted by molar-refractivity contribution is -0.128. The highest BCUT2D eigenvalue weighted by Crippen LogP contribution is 2.18. The van der Waals surface area contributed by atoms with Crippen molar-refractivity contribution in [3.05, 3.63) is 29.8 Å². The van der Waals surface area contributed by atoms with Gasteiger partial charge in [-0.2, -0.15) is 0 Å². The summed E-state index contributed by atoms with van der Waals surface area (Å²) in [5, 5.41) is 3.09. The average Bonchev–Trinajstić information content (AvgIpc) is 2.40. The van der Waals surface area contributed by atoms with E-state index < -0.39 is 6.10 Å². The van der Waals surface area contributed by atoms with E-state index >= 15 is 0 Å². The lowest BCUT2D eigenvalue weighted by atomic mass is 9.95. The van der Waals surface area contributed by atoms with Crippen molar-refractivity contribution >= 4 is 5.91 Å². The van der Waals surface area contributed by atoms with Crippen LogP contribution in [0, 0.1) is 6.92 Å². The molecule has 0 radical (unpaired) electrons. The molecule has 3 nitrogen and oxygen atoms in total. The summed E-state index contributed by atoms with van der Waals surface area (Å²) in [6, 6.07) is 8.13. The molecule has 2 rings (SSSR count). The van der Waals surface area contributed by atoms with Crippen LogP contribution in [0.1, 0.15) is 44.6 Å². The predicted octanol–water partition coefficient (Wildman–Crippen LogP) is 3.21. The summed E-state index contributed by atoms with van der Waals surface area (Å²) in [6.45, 7) is 3.82. The quantitative estimate of drug-likeness (QED) is 0.903. The van der Waals surface area contributed by atoms with Crippen molar-refractivity contribution in [1.29, 1.82) is 0 Å². The third-order valence-electron chi connectivity index (χ3n) is 3.62. The Labute approximate surface area is 115 Å². The van der Waals surface area contributed by atoms with Crippen LogP contribution in [0.15, 0.2) is 24.3 Å². The van der Waals surface area contributed by atoms with Gasteiger partial charge in [0.15, 0.2) is 6.10 Å². The number of hydrogen-bond donors (Lipinski definition) is 1. The second-order valence-electron chi connectivity index (χ2n) is 5.42. The number of benzene rings is 1. The van der Waals surface area contributed by atoms with Crippen molar-refractivity contribution in [2.75, 3.05) is 0 Å². The lowest BCUT2D eigenvalue weighted by Crippen LogP contribution is -2.43. The zero-order chi connectivity index (χ0) is 13.7. The molecule has 0 heterocycles. The van der Waals surface area contributed by atoms with Crippen molar-refractivity contribution in [3.8, 4) is 5.75 Å². The number of carbonyl (C=O) groups is 1. The molecule has 1 N–H and O–H groups in total. The lowest BCUT2D eigenvalue weighted by Gasteiger charge is -2.24. The van der Waals surface area contributed by atoms with Crippen molar-refractivity contribution in [1.82, 2.24) is 5.32 Å². The molecule has 1 aromatic rings. The summed E-state index contributed by atoms with van der Waals surface area (Å²) in [6.07, 6.45) is 5.49. The van der Waals surface area contributed by atoms with Gasteiger partial charge in [0.1, 0.15) is 5.75 Å². The first-order valence-electron chi connectivity index (χ1n) is 7.19. The van der Waals surface area contributed by atoms with Gasteiger partial charge >= 0.3 is 0 Å². The van der Waals surface area contributed by atoms with E-state index in [2.05, 4.69) is 5.32 Å². The molecular weight excluding hydrogens is 238 g/mol. The third-order valence-corrected chi connectivity index (χ3v) is 3.62. The second kappa shape index (κ2) is 6.60. The minimum absolute atomic E-state index is 0.00611. The van der Waals surface area contributed by atoms with Gasteiger partial charge in [-0.3, -0.25) is 4.79 Å². The van der Waals surface area contributed by atoms with Gasteiger partial charge in [-0.25, -0.2) is 0 Å². The Balaban J connectivity index is 1.84. The maximum absolute atomic E-state index is 12.1. The Kier molecular flexibility index (Phi) is 4.83.